The number of imide groups is 1. The molecule has 0 bridgehead atoms. The molecule has 16 heavy (non-hydrogen) atoms. The van der Waals surface area contributed by atoms with E-state index in [1.165, 1.54) is 0 Å². The Labute approximate surface area is 94.2 Å². The molecule has 1 rings (SSSR count). The molecule has 1 atom stereocenters. The van der Waals surface area contributed by atoms with E-state index in [-0.39, 0.29) is 24.8 Å². The predicted octanol–water partition coefficient (Wildman–Crippen LogP) is -1.09. The molecule has 3 N–H and O–H groups in total. The molecule has 0 saturated carbocycles. The molecule has 0 radical (unpaired) electrons. The Hall–Kier alpha value is -1.43. The summed E-state index contributed by atoms with van der Waals surface area (Å²) in [6.45, 7) is 2.97. The van der Waals surface area contributed by atoms with Crippen molar-refractivity contribution >= 4 is 17.7 Å². The van der Waals surface area contributed by atoms with E-state index in [0.717, 1.165) is 13.0 Å². The molecule has 90 valence electrons. The van der Waals surface area contributed by atoms with Crippen LogP contribution in [-0.4, -0.2) is 36.9 Å². The van der Waals surface area contributed by atoms with Crippen molar-refractivity contribution in [1.29, 1.82) is 0 Å². The van der Waals surface area contributed by atoms with Gasteiger partial charge < -0.3 is 10.6 Å². The second kappa shape index (κ2) is 6.22. The minimum absolute atomic E-state index is 0.200. The summed E-state index contributed by atoms with van der Waals surface area (Å²) in [5.74, 6) is -0.914. The van der Waals surface area contributed by atoms with Gasteiger partial charge in [-0.1, -0.05) is 6.92 Å². The molecule has 1 heterocycles. The number of rotatable bonds is 5. The number of carbonyl (C=O) groups excluding carboxylic acids is 3. The molecule has 0 aromatic rings. The van der Waals surface area contributed by atoms with Gasteiger partial charge in [0.25, 0.3) is 0 Å². The lowest BCUT2D eigenvalue weighted by atomic mass is 10.1. The highest BCUT2D eigenvalue weighted by atomic mass is 16.2. The van der Waals surface area contributed by atoms with Crippen molar-refractivity contribution in [2.24, 2.45) is 0 Å². The molecule has 1 unspecified atom stereocenters. The third-order valence-corrected chi connectivity index (χ3v) is 2.29. The van der Waals surface area contributed by atoms with Gasteiger partial charge in [-0.15, -0.1) is 0 Å². The molecule has 1 fully saturated rings. The zero-order valence-electron chi connectivity index (χ0n) is 9.34. The maximum atomic E-state index is 11.4. The van der Waals surface area contributed by atoms with Gasteiger partial charge in [-0.2, -0.15) is 0 Å². The fourth-order valence-electron chi connectivity index (χ4n) is 1.46. The molecule has 0 spiro atoms. The van der Waals surface area contributed by atoms with Gasteiger partial charge in [-0.25, -0.2) is 0 Å². The van der Waals surface area contributed by atoms with Crippen molar-refractivity contribution in [3.8, 4) is 0 Å². The number of nitrogens with one attached hydrogen (secondary N) is 3. The Kier molecular flexibility index (Phi) is 4.91. The first-order valence-corrected chi connectivity index (χ1v) is 5.47. The largest absolute Gasteiger partial charge is 0.343 e. The highest BCUT2D eigenvalue weighted by Gasteiger charge is 2.27. The van der Waals surface area contributed by atoms with Crippen molar-refractivity contribution in [2.45, 2.75) is 32.2 Å². The average molecular weight is 227 g/mol. The van der Waals surface area contributed by atoms with Gasteiger partial charge in [0.15, 0.2) is 0 Å². The minimum Gasteiger partial charge on any atom is -0.343 e. The Morgan fingerprint density at radius 1 is 1.50 bits per heavy atom. The molecule has 1 saturated heterocycles. The predicted molar refractivity (Wildman–Crippen MR) is 57.5 cm³/mol. The summed E-state index contributed by atoms with van der Waals surface area (Å²) in [6, 6.07) is -0.575. The van der Waals surface area contributed by atoms with Crippen LogP contribution in [0.1, 0.15) is 26.2 Å². The van der Waals surface area contributed by atoms with Crippen LogP contribution < -0.4 is 16.0 Å². The van der Waals surface area contributed by atoms with Crippen molar-refractivity contribution in [3.63, 3.8) is 0 Å². The van der Waals surface area contributed by atoms with Gasteiger partial charge >= 0.3 is 0 Å². The topological polar surface area (TPSA) is 87.3 Å². The second-order valence-corrected chi connectivity index (χ2v) is 3.75. The van der Waals surface area contributed by atoms with Crippen LogP contribution in [0.4, 0.5) is 0 Å². The highest BCUT2D eigenvalue weighted by Crippen LogP contribution is 2.03. The van der Waals surface area contributed by atoms with E-state index >= 15 is 0 Å². The number of hydrogen-bond donors (Lipinski definition) is 3. The number of piperidine rings is 1. The first-order chi connectivity index (χ1) is 7.63. The fraction of sp³-hybridized carbons (Fsp3) is 0.700. The Morgan fingerprint density at radius 3 is 2.88 bits per heavy atom. The molecule has 6 heteroatoms. The van der Waals surface area contributed by atoms with Gasteiger partial charge in [0, 0.05) is 6.42 Å². The summed E-state index contributed by atoms with van der Waals surface area (Å²) in [5.41, 5.74) is 0. The van der Waals surface area contributed by atoms with E-state index in [0.29, 0.717) is 6.42 Å². The van der Waals surface area contributed by atoms with Gasteiger partial charge in [-0.05, 0) is 19.4 Å². The Morgan fingerprint density at radius 2 is 2.25 bits per heavy atom. The van der Waals surface area contributed by atoms with Gasteiger partial charge in [-0.3, -0.25) is 19.7 Å². The molecular formula is C10H17N3O3. The third-order valence-electron chi connectivity index (χ3n) is 2.29. The van der Waals surface area contributed by atoms with Crippen molar-refractivity contribution < 1.29 is 14.4 Å². The van der Waals surface area contributed by atoms with Crippen molar-refractivity contribution in [3.05, 3.63) is 0 Å². The normalized spacial score (nSPS) is 20.4. The van der Waals surface area contributed by atoms with Crippen LogP contribution in [0.25, 0.3) is 0 Å². The number of hydrogen-bond acceptors (Lipinski definition) is 4. The van der Waals surface area contributed by atoms with Crippen molar-refractivity contribution in [1.82, 2.24) is 16.0 Å². The van der Waals surface area contributed by atoms with Gasteiger partial charge in [0.1, 0.15) is 6.04 Å². The lowest BCUT2D eigenvalue weighted by Crippen LogP contribution is -2.53. The summed E-state index contributed by atoms with van der Waals surface area (Å²) in [4.78, 5) is 33.5. The van der Waals surface area contributed by atoms with Gasteiger partial charge in [0.2, 0.25) is 17.7 Å². The van der Waals surface area contributed by atoms with Gasteiger partial charge in [0.05, 0.1) is 6.54 Å². The lowest BCUT2D eigenvalue weighted by molar-refractivity contribution is -0.137. The molecule has 0 aromatic carbocycles. The number of amides is 3. The highest BCUT2D eigenvalue weighted by molar-refractivity contribution is 6.01. The maximum absolute atomic E-state index is 11.4. The molecule has 0 aromatic heterocycles. The summed E-state index contributed by atoms with van der Waals surface area (Å²) in [5, 5.41) is 7.71. The molecule has 3 amide bonds. The molecule has 0 aliphatic carbocycles. The zero-order valence-corrected chi connectivity index (χ0v) is 9.34. The molecule has 6 nitrogen and oxygen atoms in total. The Balaban J connectivity index is 2.28. The van der Waals surface area contributed by atoms with Crippen LogP contribution in [0.3, 0.4) is 0 Å². The van der Waals surface area contributed by atoms with Crippen molar-refractivity contribution in [2.75, 3.05) is 13.1 Å². The first-order valence-electron chi connectivity index (χ1n) is 5.47. The monoisotopic (exact) mass is 227 g/mol. The van der Waals surface area contributed by atoms with Crippen LogP contribution in [0, 0.1) is 0 Å². The van der Waals surface area contributed by atoms with E-state index in [1.807, 2.05) is 6.92 Å². The minimum atomic E-state index is -0.575. The lowest BCUT2D eigenvalue weighted by Gasteiger charge is -2.21. The maximum Gasteiger partial charge on any atom is 0.249 e. The molecular weight excluding hydrogens is 210 g/mol. The SMILES string of the molecule is CCCNCC(=O)NC1CCC(=O)NC1=O. The standard InChI is InChI=1S/C10H17N3O3/c1-2-5-11-6-9(15)12-7-3-4-8(14)13-10(7)16/h7,11H,2-6H2,1H3,(H,12,15)(H,13,14,16). The quantitative estimate of drug-likeness (QED) is 0.411. The summed E-state index contributed by atoms with van der Waals surface area (Å²) in [7, 11) is 0. The van der Waals surface area contributed by atoms with E-state index in [4.69, 9.17) is 0 Å². The van der Waals surface area contributed by atoms with Crippen LogP contribution >= 0.6 is 0 Å². The second-order valence-electron chi connectivity index (χ2n) is 3.75. The molecule has 1 aliphatic rings. The number of carbonyl (C=O) groups is 3. The molecule has 1 aliphatic heterocycles. The smallest absolute Gasteiger partial charge is 0.249 e. The van der Waals surface area contributed by atoms with Crippen LogP contribution in [-0.2, 0) is 14.4 Å². The summed E-state index contributed by atoms with van der Waals surface area (Å²) >= 11 is 0. The Bertz CT molecular complexity index is 291. The van der Waals surface area contributed by atoms with Crippen LogP contribution in [0.15, 0.2) is 0 Å². The zero-order chi connectivity index (χ0) is 12.0. The summed E-state index contributed by atoms with van der Waals surface area (Å²) < 4.78 is 0. The fourth-order valence-corrected chi connectivity index (χ4v) is 1.46. The third kappa shape index (κ3) is 3.98. The van der Waals surface area contributed by atoms with E-state index in [2.05, 4.69) is 16.0 Å². The van der Waals surface area contributed by atoms with E-state index < -0.39 is 11.9 Å². The first kappa shape index (κ1) is 12.6. The van der Waals surface area contributed by atoms with Crippen LogP contribution in [0.5, 0.6) is 0 Å². The van der Waals surface area contributed by atoms with Crippen LogP contribution in [0.2, 0.25) is 0 Å². The van der Waals surface area contributed by atoms with E-state index in [1.54, 1.807) is 0 Å². The summed E-state index contributed by atoms with van der Waals surface area (Å²) in [6.07, 6.45) is 1.61. The van der Waals surface area contributed by atoms with E-state index in [9.17, 15) is 14.4 Å². The average Bonchev–Trinajstić information content (AvgIpc) is 2.23.